The summed E-state index contributed by atoms with van der Waals surface area (Å²) in [5.74, 6) is -0.120. The molecule has 9 heteroatoms. The summed E-state index contributed by atoms with van der Waals surface area (Å²) in [6.07, 6.45) is 4.40. The van der Waals surface area contributed by atoms with Crippen molar-refractivity contribution in [2.45, 2.75) is 33.2 Å². The molecule has 1 amide bonds. The number of carbonyl (C=O) groups excluding carboxylic acids is 1. The maximum atomic E-state index is 12.5. The third-order valence-corrected chi connectivity index (χ3v) is 5.56. The zero-order valence-corrected chi connectivity index (χ0v) is 18.0. The number of hydrogen-bond acceptors (Lipinski definition) is 4. The fourth-order valence-electron chi connectivity index (χ4n) is 3.67. The number of rotatable bonds is 5. The van der Waals surface area contributed by atoms with Gasteiger partial charge in [-0.3, -0.25) is 14.3 Å². The number of nitrogens with one attached hydrogen (secondary N) is 2. The summed E-state index contributed by atoms with van der Waals surface area (Å²) >= 11 is 3.43. The lowest BCUT2D eigenvalue weighted by Gasteiger charge is -2.07. The number of imidazole rings is 1. The van der Waals surface area contributed by atoms with Crippen LogP contribution < -0.4 is 10.9 Å². The van der Waals surface area contributed by atoms with Crippen molar-refractivity contribution in [2.75, 3.05) is 0 Å². The Labute approximate surface area is 175 Å². The van der Waals surface area contributed by atoms with Crippen LogP contribution in [0.25, 0.3) is 16.7 Å². The molecule has 29 heavy (non-hydrogen) atoms. The normalized spacial score (nSPS) is 11.4. The third kappa shape index (κ3) is 3.69. The van der Waals surface area contributed by atoms with Crippen LogP contribution in [0.2, 0.25) is 0 Å². The highest BCUT2D eigenvalue weighted by Gasteiger charge is 2.16. The van der Waals surface area contributed by atoms with Gasteiger partial charge in [0.2, 0.25) is 5.91 Å². The second-order valence-corrected chi connectivity index (χ2v) is 8.03. The summed E-state index contributed by atoms with van der Waals surface area (Å²) in [6, 6.07) is 3.83. The fourth-order valence-corrected chi connectivity index (χ4v) is 4.03. The quantitative estimate of drug-likeness (QED) is 0.482. The largest absolute Gasteiger partial charge is 0.350 e. The Bertz CT molecular complexity index is 1300. The summed E-state index contributed by atoms with van der Waals surface area (Å²) in [5.41, 5.74) is 4.50. The van der Waals surface area contributed by atoms with E-state index in [4.69, 9.17) is 0 Å². The van der Waals surface area contributed by atoms with E-state index in [-0.39, 0.29) is 17.9 Å². The molecule has 4 heterocycles. The van der Waals surface area contributed by atoms with Crippen molar-refractivity contribution in [2.24, 2.45) is 7.05 Å². The van der Waals surface area contributed by atoms with Gasteiger partial charge < -0.3 is 14.7 Å². The lowest BCUT2D eigenvalue weighted by atomic mass is 10.0. The Kier molecular flexibility index (Phi) is 4.99. The number of aromatic nitrogens is 5. The Balaban J connectivity index is 1.44. The van der Waals surface area contributed by atoms with Gasteiger partial charge in [0.1, 0.15) is 11.3 Å². The van der Waals surface area contributed by atoms with Crippen molar-refractivity contribution in [1.29, 1.82) is 0 Å². The maximum absolute atomic E-state index is 12.5. The van der Waals surface area contributed by atoms with Crippen molar-refractivity contribution < 1.29 is 4.79 Å². The van der Waals surface area contributed by atoms with Gasteiger partial charge in [-0.2, -0.15) is 5.10 Å². The van der Waals surface area contributed by atoms with Crippen molar-refractivity contribution in [1.82, 2.24) is 29.5 Å². The second kappa shape index (κ2) is 7.47. The van der Waals surface area contributed by atoms with E-state index in [9.17, 15) is 9.59 Å². The topological polar surface area (TPSA) is 97.1 Å². The van der Waals surface area contributed by atoms with Gasteiger partial charge >= 0.3 is 0 Å². The molecular formula is C20H21BrN6O2. The molecule has 0 aliphatic heterocycles. The van der Waals surface area contributed by atoms with Crippen LogP contribution in [0.15, 0.2) is 33.8 Å². The maximum Gasteiger partial charge on any atom is 0.253 e. The lowest BCUT2D eigenvalue weighted by Crippen LogP contribution is -2.25. The fraction of sp³-hybridized carbons (Fsp3) is 0.300. The van der Waals surface area contributed by atoms with E-state index in [0.29, 0.717) is 24.2 Å². The first-order valence-electron chi connectivity index (χ1n) is 9.28. The Morgan fingerprint density at radius 1 is 1.28 bits per heavy atom. The first kappa shape index (κ1) is 19.4. The van der Waals surface area contributed by atoms with Crippen LogP contribution in [0, 0.1) is 13.8 Å². The summed E-state index contributed by atoms with van der Waals surface area (Å²) in [4.78, 5) is 32.2. The van der Waals surface area contributed by atoms with Gasteiger partial charge in [0, 0.05) is 41.3 Å². The van der Waals surface area contributed by atoms with E-state index in [2.05, 4.69) is 36.3 Å². The standard InChI is InChI=1S/C20H21BrN6O2/c1-11-15(20(29)24-19-18(11)12(2)25-26(19)3)5-7-17(28)22-8-14-10-27-9-13(21)4-6-16(27)23-14/h4,6,9-10H,5,7-8H2,1-3H3,(H,22,28)(H,24,29). The van der Waals surface area contributed by atoms with Crippen LogP contribution in [0.4, 0.5) is 0 Å². The summed E-state index contributed by atoms with van der Waals surface area (Å²) in [6.45, 7) is 4.17. The van der Waals surface area contributed by atoms with E-state index in [0.717, 1.165) is 32.5 Å². The Morgan fingerprint density at radius 2 is 2.07 bits per heavy atom. The molecule has 4 aromatic rings. The molecule has 0 saturated heterocycles. The number of pyridine rings is 2. The van der Waals surface area contributed by atoms with Crippen molar-refractivity contribution >= 4 is 38.5 Å². The van der Waals surface area contributed by atoms with Crippen LogP contribution >= 0.6 is 15.9 Å². The molecule has 0 aromatic carbocycles. The van der Waals surface area contributed by atoms with Gasteiger partial charge in [0.15, 0.2) is 0 Å². The number of nitrogens with zero attached hydrogens (tertiary/aromatic N) is 4. The molecule has 4 aromatic heterocycles. The number of amides is 1. The molecule has 8 nitrogen and oxygen atoms in total. The van der Waals surface area contributed by atoms with Crippen LogP contribution in [0.5, 0.6) is 0 Å². The second-order valence-electron chi connectivity index (χ2n) is 7.11. The Hall–Kier alpha value is -2.94. The highest BCUT2D eigenvalue weighted by atomic mass is 79.9. The molecule has 0 spiro atoms. The van der Waals surface area contributed by atoms with Crippen LogP contribution in [-0.4, -0.2) is 30.1 Å². The minimum Gasteiger partial charge on any atom is -0.350 e. The average molecular weight is 457 g/mol. The van der Waals surface area contributed by atoms with Crippen molar-refractivity contribution in [3.05, 3.63) is 61.9 Å². The summed E-state index contributed by atoms with van der Waals surface area (Å²) < 4.78 is 4.53. The molecule has 0 aliphatic carbocycles. The summed E-state index contributed by atoms with van der Waals surface area (Å²) in [5, 5.41) is 8.19. The molecule has 0 aliphatic rings. The minimum absolute atomic E-state index is 0.120. The van der Waals surface area contributed by atoms with E-state index in [1.54, 1.807) is 11.7 Å². The molecule has 4 rings (SSSR count). The lowest BCUT2D eigenvalue weighted by molar-refractivity contribution is -0.121. The first-order valence-corrected chi connectivity index (χ1v) is 10.1. The van der Waals surface area contributed by atoms with E-state index in [1.807, 2.05) is 42.8 Å². The number of halogens is 1. The molecule has 0 atom stereocenters. The van der Waals surface area contributed by atoms with Crippen molar-refractivity contribution in [3.63, 3.8) is 0 Å². The van der Waals surface area contributed by atoms with Gasteiger partial charge in [-0.05, 0) is 53.9 Å². The van der Waals surface area contributed by atoms with Gasteiger partial charge in [0.05, 0.1) is 17.9 Å². The first-order chi connectivity index (χ1) is 13.8. The molecular weight excluding hydrogens is 436 g/mol. The van der Waals surface area contributed by atoms with E-state index < -0.39 is 0 Å². The number of carbonyl (C=O) groups is 1. The highest BCUT2D eigenvalue weighted by Crippen LogP contribution is 2.21. The van der Waals surface area contributed by atoms with Gasteiger partial charge in [0.25, 0.3) is 5.56 Å². The van der Waals surface area contributed by atoms with Crippen LogP contribution in [-0.2, 0) is 24.8 Å². The molecule has 0 bridgehead atoms. The summed E-state index contributed by atoms with van der Waals surface area (Å²) in [7, 11) is 1.80. The molecule has 2 N–H and O–H groups in total. The minimum atomic E-state index is -0.170. The highest BCUT2D eigenvalue weighted by molar-refractivity contribution is 9.10. The third-order valence-electron chi connectivity index (χ3n) is 5.09. The van der Waals surface area contributed by atoms with E-state index in [1.165, 1.54) is 0 Å². The van der Waals surface area contributed by atoms with Gasteiger partial charge in [-0.1, -0.05) is 0 Å². The Morgan fingerprint density at radius 3 is 2.86 bits per heavy atom. The van der Waals surface area contributed by atoms with Gasteiger partial charge in [-0.15, -0.1) is 0 Å². The van der Waals surface area contributed by atoms with Crippen LogP contribution in [0.3, 0.4) is 0 Å². The molecule has 0 saturated carbocycles. The zero-order chi connectivity index (χ0) is 20.7. The predicted octanol–water partition coefficient (Wildman–Crippen LogP) is 2.54. The molecule has 0 fully saturated rings. The number of fused-ring (bicyclic) bond motifs is 2. The average Bonchev–Trinajstić information content (AvgIpc) is 3.19. The van der Waals surface area contributed by atoms with E-state index >= 15 is 0 Å². The zero-order valence-electron chi connectivity index (χ0n) is 16.4. The number of H-pyrrole nitrogens is 1. The van der Waals surface area contributed by atoms with Crippen molar-refractivity contribution in [3.8, 4) is 0 Å². The SMILES string of the molecule is Cc1nn(C)c2[nH]c(=O)c(CCC(=O)NCc3cn4cc(Br)ccc4n3)c(C)c12. The van der Waals surface area contributed by atoms with Crippen LogP contribution in [0.1, 0.15) is 28.9 Å². The molecule has 0 radical (unpaired) electrons. The predicted molar refractivity (Wildman–Crippen MR) is 114 cm³/mol. The van der Waals surface area contributed by atoms with Gasteiger partial charge in [-0.25, -0.2) is 4.98 Å². The number of aryl methyl sites for hydroxylation is 3. The molecule has 150 valence electrons. The number of aromatic amines is 1. The smallest absolute Gasteiger partial charge is 0.253 e. The monoisotopic (exact) mass is 456 g/mol. The molecule has 0 unspecified atom stereocenters. The number of hydrogen-bond donors (Lipinski definition) is 2.